The normalized spacial score (nSPS) is 13.3. The maximum atomic E-state index is 11.7. The number of nitrogens with one attached hydrogen (secondary N) is 3. The highest BCUT2D eigenvalue weighted by Gasteiger charge is 2.11. The van der Waals surface area contributed by atoms with Gasteiger partial charge in [-0.2, -0.15) is 5.10 Å². The van der Waals surface area contributed by atoms with Crippen molar-refractivity contribution < 1.29 is 14.3 Å². The van der Waals surface area contributed by atoms with Gasteiger partial charge in [0.05, 0.1) is 19.8 Å². The van der Waals surface area contributed by atoms with E-state index >= 15 is 0 Å². The largest absolute Gasteiger partial charge is 0.490 e. The van der Waals surface area contributed by atoms with E-state index in [0.29, 0.717) is 37.7 Å². The van der Waals surface area contributed by atoms with E-state index in [2.05, 4.69) is 25.8 Å². The Labute approximate surface area is 167 Å². The van der Waals surface area contributed by atoms with E-state index in [1.54, 1.807) is 6.07 Å². The van der Waals surface area contributed by atoms with E-state index in [9.17, 15) is 4.79 Å². The molecule has 0 fully saturated rings. The molecule has 140 valence electrons. The number of aromatic nitrogens is 2. The van der Waals surface area contributed by atoms with Gasteiger partial charge in [0.25, 0.3) is 5.91 Å². The molecular weight excluding hydrogens is 451 g/mol. The summed E-state index contributed by atoms with van der Waals surface area (Å²) in [5.74, 6) is 1.43. The highest BCUT2D eigenvalue weighted by Crippen LogP contribution is 2.32. The summed E-state index contributed by atoms with van der Waals surface area (Å²) in [5.41, 5.74) is 7.02. The minimum Gasteiger partial charge on any atom is -0.490 e. The summed E-state index contributed by atoms with van der Waals surface area (Å²) < 4.78 is 11.2. The minimum atomic E-state index is -0.234. The van der Waals surface area contributed by atoms with E-state index in [0.717, 1.165) is 17.9 Å². The summed E-state index contributed by atoms with van der Waals surface area (Å²) in [6.45, 7) is 1.98. The Hall–Kier alpha value is -2.50. The van der Waals surface area contributed by atoms with Gasteiger partial charge in [-0.05, 0) is 18.2 Å². The summed E-state index contributed by atoms with van der Waals surface area (Å²) in [6, 6.07) is 7.10. The number of H-pyrrole nitrogens is 1. The summed E-state index contributed by atoms with van der Waals surface area (Å²) in [6.07, 6.45) is 2.37. The molecule has 0 bridgehead atoms. The number of carbonyl (C=O) groups excluding carboxylic acids is 1. The molecule has 2 heterocycles. The SMILES string of the molecule is I.NC(=NCCNC(=O)c1ccn[nH]1)Nc1ccc2c(c1)OCCCO2. The van der Waals surface area contributed by atoms with Crippen LogP contribution in [0, 0.1) is 0 Å². The van der Waals surface area contributed by atoms with Crippen LogP contribution >= 0.6 is 24.0 Å². The molecule has 1 aromatic heterocycles. The molecule has 0 aliphatic carbocycles. The molecule has 26 heavy (non-hydrogen) atoms. The van der Waals surface area contributed by atoms with E-state index in [1.807, 2.05) is 18.2 Å². The molecule has 0 saturated carbocycles. The van der Waals surface area contributed by atoms with Gasteiger partial charge >= 0.3 is 0 Å². The smallest absolute Gasteiger partial charge is 0.269 e. The molecule has 0 unspecified atom stereocenters. The van der Waals surface area contributed by atoms with Gasteiger partial charge in [0.15, 0.2) is 17.5 Å². The fourth-order valence-electron chi connectivity index (χ4n) is 2.25. The molecule has 2 aromatic rings. The fourth-order valence-corrected chi connectivity index (χ4v) is 2.25. The number of fused-ring (bicyclic) bond motifs is 1. The molecule has 0 spiro atoms. The van der Waals surface area contributed by atoms with Crippen LogP contribution in [-0.2, 0) is 0 Å². The van der Waals surface area contributed by atoms with Gasteiger partial charge < -0.3 is 25.8 Å². The predicted molar refractivity (Wildman–Crippen MR) is 108 cm³/mol. The first kappa shape index (κ1) is 19.8. The number of amides is 1. The van der Waals surface area contributed by atoms with Crippen molar-refractivity contribution in [2.75, 3.05) is 31.6 Å². The zero-order valence-electron chi connectivity index (χ0n) is 14.0. The van der Waals surface area contributed by atoms with Crippen LogP contribution in [0.4, 0.5) is 5.69 Å². The maximum absolute atomic E-state index is 11.7. The van der Waals surface area contributed by atoms with Crippen molar-refractivity contribution in [3.05, 3.63) is 36.2 Å². The average Bonchev–Trinajstić information content (AvgIpc) is 3.05. The van der Waals surface area contributed by atoms with Crippen LogP contribution in [0.15, 0.2) is 35.5 Å². The van der Waals surface area contributed by atoms with Crippen molar-refractivity contribution in [1.29, 1.82) is 0 Å². The minimum absolute atomic E-state index is 0. The van der Waals surface area contributed by atoms with Crippen molar-refractivity contribution in [3.63, 3.8) is 0 Å². The van der Waals surface area contributed by atoms with Crippen molar-refractivity contribution in [3.8, 4) is 11.5 Å². The van der Waals surface area contributed by atoms with E-state index in [1.165, 1.54) is 6.20 Å². The average molecular weight is 472 g/mol. The second-order valence-corrected chi connectivity index (χ2v) is 5.33. The first-order chi connectivity index (χ1) is 12.2. The molecule has 5 N–H and O–H groups in total. The van der Waals surface area contributed by atoms with Crippen LogP contribution in [0.3, 0.4) is 0 Å². The molecule has 0 atom stereocenters. The number of ether oxygens (including phenoxy) is 2. The van der Waals surface area contributed by atoms with Crippen molar-refractivity contribution in [1.82, 2.24) is 15.5 Å². The monoisotopic (exact) mass is 472 g/mol. The lowest BCUT2D eigenvalue weighted by molar-refractivity contribution is 0.0950. The van der Waals surface area contributed by atoms with Crippen molar-refractivity contribution in [2.45, 2.75) is 6.42 Å². The van der Waals surface area contributed by atoms with Crippen LogP contribution in [0.2, 0.25) is 0 Å². The molecule has 0 radical (unpaired) electrons. The molecular formula is C16H21IN6O3. The Kier molecular flexibility index (Phi) is 7.51. The number of anilines is 1. The van der Waals surface area contributed by atoms with Crippen LogP contribution in [0.1, 0.15) is 16.9 Å². The number of nitrogens with zero attached hydrogens (tertiary/aromatic N) is 2. The van der Waals surface area contributed by atoms with Crippen LogP contribution in [0.25, 0.3) is 0 Å². The Morgan fingerprint density at radius 3 is 2.85 bits per heavy atom. The summed E-state index contributed by atoms with van der Waals surface area (Å²) in [5, 5.41) is 12.0. The van der Waals surface area contributed by atoms with E-state index in [4.69, 9.17) is 15.2 Å². The van der Waals surface area contributed by atoms with Crippen molar-refractivity contribution in [2.24, 2.45) is 10.7 Å². The maximum Gasteiger partial charge on any atom is 0.269 e. The number of aromatic amines is 1. The number of aliphatic imine (C=N–C) groups is 1. The molecule has 3 rings (SSSR count). The number of hydrogen-bond acceptors (Lipinski definition) is 5. The summed E-state index contributed by atoms with van der Waals surface area (Å²) >= 11 is 0. The van der Waals surface area contributed by atoms with Gasteiger partial charge in [-0.1, -0.05) is 0 Å². The highest BCUT2D eigenvalue weighted by atomic mass is 127. The van der Waals surface area contributed by atoms with Gasteiger partial charge in [0.2, 0.25) is 0 Å². The third-order valence-corrected chi connectivity index (χ3v) is 3.44. The molecule has 1 aliphatic heterocycles. The number of rotatable bonds is 5. The molecule has 1 aliphatic rings. The number of benzene rings is 1. The first-order valence-electron chi connectivity index (χ1n) is 7.96. The summed E-state index contributed by atoms with van der Waals surface area (Å²) in [7, 11) is 0. The molecule has 1 aromatic carbocycles. The lowest BCUT2D eigenvalue weighted by Gasteiger charge is -2.10. The van der Waals surface area contributed by atoms with Gasteiger partial charge in [0.1, 0.15) is 5.69 Å². The number of carbonyl (C=O) groups is 1. The van der Waals surface area contributed by atoms with Gasteiger partial charge in [0, 0.05) is 30.9 Å². The lowest BCUT2D eigenvalue weighted by atomic mass is 10.3. The quantitative estimate of drug-likeness (QED) is 0.225. The van der Waals surface area contributed by atoms with Crippen molar-refractivity contribution >= 4 is 41.5 Å². The van der Waals surface area contributed by atoms with E-state index < -0.39 is 0 Å². The highest BCUT2D eigenvalue weighted by molar-refractivity contribution is 14.0. The van der Waals surface area contributed by atoms with E-state index in [-0.39, 0.29) is 35.8 Å². The zero-order valence-corrected chi connectivity index (χ0v) is 16.4. The Morgan fingerprint density at radius 2 is 2.08 bits per heavy atom. The zero-order chi connectivity index (χ0) is 17.5. The Balaban J connectivity index is 0.00000243. The second-order valence-electron chi connectivity index (χ2n) is 5.33. The Morgan fingerprint density at radius 1 is 1.27 bits per heavy atom. The number of hydrogen-bond donors (Lipinski definition) is 4. The van der Waals surface area contributed by atoms with Gasteiger partial charge in [-0.3, -0.25) is 14.9 Å². The van der Waals surface area contributed by atoms with Crippen LogP contribution < -0.4 is 25.8 Å². The summed E-state index contributed by atoms with van der Waals surface area (Å²) in [4.78, 5) is 15.9. The lowest BCUT2D eigenvalue weighted by Crippen LogP contribution is -2.28. The molecule has 0 saturated heterocycles. The van der Waals surface area contributed by atoms with Gasteiger partial charge in [-0.25, -0.2) is 0 Å². The van der Waals surface area contributed by atoms with Crippen LogP contribution in [-0.4, -0.2) is 48.4 Å². The fraction of sp³-hybridized carbons (Fsp3) is 0.312. The molecule has 10 heteroatoms. The third kappa shape index (κ3) is 5.51. The third-order valence-electron chi connectivity index (χ3n) is 3.44. The predicted octanol–water partition coefficient (Wildman–Crippen LogP) is 1.35. The molecule has 1 amide bonds. The van der Waals surface area contributed by atoms with Crippen LogP contribution in [0.5, 0.6) is 11.5 Å². The molecule has 9 nitrogen and oxygen atoms in total. The number of guanidine groups is 1. The second kappa shape index (κ2) is 9.85. The number of halogens is 1. The number of nitrogens with two attached hydrogens (primary N) is 1. The standard InChI is InChI=1S/C16H20N6O3.HI/c17-16(19-7-6-18-15(23)12-4-5-20-22-12)21-11-2-3-13-14(10-11)25-9-1-8-24-13;/h2-5,10H,1,6-9H2,(H,18,23)(H,20,22)(H3,17,19,21);1H. The Bertz CT molecular complexity index is 750. The topological polar surface area (TPSA) is 127 Å². The first-order valence-corrected chi connectivity index (χ1v) is 7.96. The van der Waals surface area contributed by atoms with Gasteiger partial charge in [-0.15, -0.1) is 24.0 Å².